The van der Waals surface area contributed by atoms with Gasteiger partial charge in [0.25, 0.3) is 5.91 Å². The predicted octanol–water partition coefficient (Wildman–Crippen LogP) is 5.45. The van der Waals surface area contributed by atoms with E-state index in [4.69, 9.17) is 16.3 Å². The van der Waals surface area contributed by atoms with Gasteiger partial charge in [0.2, 0.25) is 0 Å². The summed E-state index contributed by atoms with van der Waals surface area (Å²) in [5.74, 6) is 0.520. The van der Waals surface area contributed by atoms with Crippen LogP contribution in [0.5, 0.6) is 5.75 Å². The number of hydrogen-bond donors (Lipinski definition) is 1. The van der Waals surface area contributed by atoms with Crippen molar-refractivity contribution in [3.63, 3.8) is 0 Å². The second-order valence-electron chi connectivity index (χ2n) is 6.08. The van der Waals surface area contributed by atoms with E-state index in [0.717, 1.165) is 17.7 Å². The quantitative estimate of drug-likeness (QED) is 0.361. The van der Waals surface area contributed by atoms with Gasteiger partial charge < -0.3 is 4.74 Å². The molecule has 1 N–H and O–H groups in total. The van der Waals surface area contributed by atoms with Crippen molar-refractivity contribution in [1.82, 2.24) is 5.43 Å². The Morgan fingerprint density at radius 1 is 1.00 bits per heavy atom. The Kier molecular flexibility index (Phi) is 8.16. The summed E-state index contributed by atoms with van der Waals surface area (Å²) >= 11 is 5.87. The van der Waals surface area contributed by atoms with Crippen molar-refractivity contribution in [3.05, 3.63) is 64.7 Å². The Hall–Kier alpha value is -2.33. The van der Waals surface area contributed by atoms with Crippen LogP contribution >= 0.6 is 11.6 Å². The van der Waals surface area contributed by atoms with Crippen LogP contribution in [0.15, 0.2) is 53.6 Å². The fourth-order valence-corrected chi connectivity index (χ4v) is 2.50. The molecule has 5 heteroatoms. The fraction of sp³-hybridized carbons (Fsp3) is 0.333. The van der Waals surface area contributed by atoms with Gasteiger partial charge >= 0.3 is 0 Å². The Labute approximate surface area is 160 Å². The number of carbonyl (C=O) groups is 1. The molecule has 138 valence electrons. The summed E-state index contributed by atoms with van der Waals surface area (Å²) in [6.07, 6.45) is 4.68. The summed E-state index contributed by atoms with van der Waals surface area (Å²) in [4.78, 5) is 12.2. The minimum atomic E-state index is -0.257. The van der Waals surface area contributed by atoms with Crippen molar-refractivity contribution >= 4 is 23.2 Å². The summed E-state index contributed by atoms with van der Waals surface area (Å²) in [6, 6.07) is 14.4. The number of amides is 1. The molecule has 0 aromatic heterocycles. The highest BCUT2D eigenvalue weighted by Crippen LogP contribution is 2.13. The fourth-order valence-electron chi connectivity index (χ4n) is 2.38. The molecule has 0 fully saturated rings. The first kappa shape index (κ1) is 20.0. The summed E-state index contributed by atoms with van der Waals surface area (Å²) < 4.78 is 5.68. The molecule has 0 heterocycles. The molecule has 26 heavy (non-hydrogen) atoms. The van der Waals surface area contributed by atoms with Crippen LogP contribution in [0, 0.1) is 0 Å². The minimum Gasteiger partial charge on any atom is -0.494 e. The first-order chi connectivity index (χ1) is 12.6. The maximum atomic E-state index is 12.2. The van der Waals surface area contributed by atoms with Gasteiger partial charge in [-0.25, -0.2) is 5.43 Å². The third-order valence-electron chi connectivity index (χ3n) is 3.97. The number of rotatable bonds is 9. The molecule has 0 unspecified atom stereocenters. The maximum absolute atomic E-state index is 12.2. The van der Waals surface area contributed by atoms with Crippen molar-refractivity contribution in [1.29, 1.82) is 0 Å². The SMILES string of the molecule is CCCCCCOc1ccc(C(=O)N/N=C(\C)c2ccc(Cl)cc2)cc1. The molecular weight excluding hydrogens is 348 g/mol. The van der Waals surface area contributed by atoms with Crippen LogP contribution in [0.4, 0.5) is 0 Å². The summed E-state index contributed by atoms with van der Waals surface area (Å²) in [5.41, 5.74) is 4.73. The smallest absolute Gasteiger partial charge is 0.271 e. The molecule has 4 nitrogen and oxygen atoms in total. The van der Waals surface area contributed by atoms with Gasteiger partial charge in [-0.1, -0.05) is 49.9 Å². The molecule has 2 aromatic carbocycles. The van der Waals surface area contributed by atoms with Gasteiger partial charge in [-0.2, -0.15) is 5.10 Å². The molecule has 0 saturated carbocycles. The number of nitrogens with zero attached hydrogens (tertiary/aromatic N) is 1. The number of ether oxygens (including phenoxy) is 1. The van der Waals surface area contributed by atoms with Crippen molar-refractivity contribution in [2.45, 2.75) is 39.5 Å². The average molecular weight is 373 g/mol. The number of unbranched alkanes of at least 4 members (excludes halogenated alkanes) is 3. The molecular formula is C21H25ClN2O2. The van der Waals surface area contributed by atoms with Gasteiger partial charge in [0, 0.05) is 10.6 Å². The first-order valence-corrected chi connectivity index (χ1v) is 9.31. The Morgan fingerprint density at radius 3 is 2.31 bits per heavy atom. The zero-order valence-corrected chi connectivity index (χ0v) is 16.1. The van der Waals surface area contributed by atoms with Gasteiger partial charge in [-0.3, -0.25) is 4.79 Å². The topological polar surface area (TPSA) is 50.7 Å². The van der Waals surface area contributed by atoms with Crippen LogP contribution in [0.2, 0.25) is 5.02 Å². The summed E-state index contributed by atoms with van der Waals surface area (Å²) in [6.45, 7) is 4.72. The van der Waals surface area contributed by atoms with Crippen molar-refractivity contribution < 1.29 is 9.53 Å². The molecule has 0 atom stereocenters. The summed E-state index contributed by atoms with van der Waals surface area (Å²) in [7, 11) is 0. The molecule has 2 aromatic rings. The van der Waals surface area contributed by atoms with Crippen LogP contribution < -0.4 is 10.2 Å². The van der Waals surface area contributed by atoms with E-state index in [1.54, 1.807) is 24.3 Å². The van der Waals surface area contributed by atoms with E-state index >= 15 is 0 Å². The first-order valence-electron chi connectivity index (χ1n) is 8.93. The highest BCUT2D eigenvalue weighted by atomic mass is 35.5. The Bertz CT molecular complexity index is 725. The second-order valence-corrected chi connectivity index (χ2v) is 6.51. The van der Waals surface area contributed by atoms with Crippen LogP contribution in [-0.4, -0.2) is 18.2 Å². The molecule has 2 rings (SSSR count). The zero-order chi connectivity index (χ0) is 18.8. The molecule has 0 aliphatic heterocycles. The van der Waals surface area contributed by atoms with E-state index in [-0.39, 0.29) is 5.91 Å². The predicted molar refractivity (Wildman–Crippen MR) is 107 cm³/mol. The van der Waals surface area contributed by atoms with Crippen LogP contribution in [0.3, 0.4) is 0 Å². The van der Waals surface area contributed by atoms with E-state index in [1.807, 2.05) is 31.2 Å². The number of hydrogen-bond acceptors (Lipinski definition) is 3. The van der Waals surface area contributed by atoms with E-state index in [0.29, 0.717) is 22.9 Å². The number of nitrogens with one attached hydrogen (secondary N) is 1. The van der Waals surface area contributed by atoms with Gasteiger partial charge in [0.15, 0.2) is 0 Å². The van der Waals surface area contributed by atoms with Crippen molar-refractivity contribution in [2.75, 3.05) is 6.61 Å². The number of halogens is 1. The van der Waals surface area contributed by atoms with Crippen LogP contribution in [-0.2, 0) is 0 Å². The normalized spacial score (nSPS) is 11.3. The van der Waals surface area contributed by atoms with E-state index in [1.165, 1.54) is 19.3 Å². The molecule has 0 bridgehead atoms. The average Bonchev–Trinajstić information content (AvgIpc) is 2.66. The zero-order valence-electron chi connectivity index (χ0n) is 15.3. The van der Waals surface area contributed by atoms with Gasteiger partial charge in [0.1, 0.15) is 5.75 Å². The van der Waals surface area contributed by atoms with Crippen LogP contribution in [0.1, 0.15) is 55.5 Å². The second kappa shape index (κ2) is 10.6. The number of carbonyl (C=O) groups excluding carboxylic acids is 1. The maximum Gasteiger partial charge on any atom is 0.271 e. The Morgan fingerprint density at radius 2 is 1.65 bits per heavy atom. The van der Waals surface area contributed by atoms with Crippen LogP contribution in [0.25, 0.3) is 0 Å². The van der Waals surface area contributed by atoms with Crippen molar-refractivity contribution in [2.24, 2.45) is 5.10 Å². The highest BCUT2D eigenvalue weighted by molar-refractivity contribution is 6.30. The minimum absolute atomic E-state index is 0.257. The summed E-state index contributed by atoms with van der Waals surface area (Å²) in [5, 5.41) is 4.81. The molecule has 0 aliphatic rings. The number of hydrazone groups is 1. The van der Waals surface area contributed by atoms with E-state index in [9.17, 15) is 4.79 Å². The van der Waals surface area contributed by atoms with E-state index < -0.39 is 0 Å². The lowest BCUT2D eigenvalue weighted by molar-refractivity contribution is 0.0955. The standard InChI is InChI=1S/C21H25ClN2O2/c1-3-4-5-6-15-26-20-13-9-18(10-14-20)21(25)24-23-16(2)17-7-11-19(22)12-8-17/h7-14H,3-6,15H2,1-2H3,(H,24,25)/b23-16+. The highest BCUT2D eigenvalue weighted by Gasteiger charge is 2.05. The monoisotopic (exact) mass is 372 g/mol. The lowest BCUT2D eigenvalue weighted by atomic mass is 10.1. The van der Waals surface area contributed by atoms with Gasteiger partial charge in [0.05, 0.1) is 12.3 Å². The van der Waals surface area contributed by atoms with Gasteiger partial charge in [-0.15, -0.1) is 0 Å². The number of benzene rings is 2. The molecule has 0 saturated heterocycles. The molecule has 1 amide bonds. The van der Waals surface area contributed by atoms with E-state index in [2.05, 4.69) is 17.5 Å². The lowest BCUT2D eigenvalue weighted by Crippen LogP contribution is -2.19. The lowest BCUT2D eigenvalue weighted by Gasteiger charge is -2.07. The third kappa shape index (κ3) is 6.52. The molecule has 0 radical (unpaired) electrons. The van der Waals surface area contributed by atoms with Gasteiger partial charge in [-0.05, 0) is 55.3 Å². The molecule has 0 spiro atoms. The van der Waals surface area contributed by atoms with Crippen molar-refractivity contribution in [3.8, 4) is 5.75 Å². The third-order valence-corrected chi connectivity index (χ3v) is 4.22. The molecule has 0 aliphatic carbocycles. The largest absolute Gasteiger partial charge is 0.494 e. The Balaban J connectivity index is 1.85.